The molecule has 0 aromatic heterocycles. The van der Waals surface area contributed by atoms with E-state index in [1.807, 2.05) is 18.2 Å². The SMILES string of the molecule is N#Cc1cccc(C(=O)Nc2ccccc2C(=O)NCc2ccc3c(c2)OCO3)c1. The monoisotopic (exact) mass is 399 g/mol. The van der Waals surface area contributed by atoms with Gasteiger partial charge in [0.15, 0.2) is 11.5 Å². The van der Waals surface area contributed by atoms with E-state index in [2.05, 4.69) is 10.6 Å². The zero-order chi connectivity index (χ0) is 20.9. The number of carbonyl (C=O) groups is 2. The van der Waals surface area contributed by atoms with E-state index in [9.17, 15) is 9.59 Å². The molecule has 3 aromatic rings. The molecule has 0 saturated carbocycles. The minimum atomic E-state index is -0.400. The number of nitrogens with zero attached hydrogens (tertiary/aromatic N) is 1. The minimum Gasteiger partial charge on any atom is -0.454 e. The smallest absolute Gasteiger partial charge is 0.255 e. The molecule has 0 radical (unpaired) electrons. The van der Waals surface area contributed by atoms with Crippen molar-refractivity contribution in [3.05, 3.63) is 89.0 Å². The second-order valence-electron chi connectivity index (χ2n) is 6.56. The highest BCUT2D eigenvalue weighted by Gasteiger charge is 2.16. The summed E-state index contributed by atoms with van der Waals surface area (Å²) >= 11 is 0. The Hall–Kier alpha value is -4.31. The van der Waals surface area contributed by atoms with E-state index >= 15 is 0 Å². The van der Waals surface area contributed by atoms with Crippen LogP contribution in [-0.4, -0.2) is 18.6 Å². The molecule has 1 aliphatic rings. The van der Waals surface area contributed by atoms with Crippen LogP contribution in [0.3, 0.4) is 0 Å². The normalized spacial score (nSPS) is 11.4. The van der Waals surface area contributed by atoms with Crippen molar-refractivity contribution in [2.24, 2.45) is 0 Å². The third kappa shape index (κ3) is 4.08. The molecule has 148 valence electrons. The summed E-state index contributed by atoms with van der Waals surface area (Å²) in [7, 11) is 0. The van der Waals surface area contributed by atoms with Crippen LogP contribution in [0, 0.1) is 11.3 Å². The number of rotatable bonds is 5. The number of amides is 2. The van der Waals surface area contributed by atoms with Crippen molar-refractivity contribution in [2.45, 2.75) is 6.54 Å². The highest BCUT2D eigenvalue weighted by Crippen LogP contribution is 2.32. The highest BCUT2D eigenvalue weighted by atomic mass is 16.7. The predicted octanol–water partition coefficient (Wildman–Crippen LogP) is 3.47. The van der Waals surface area contributed by atoms with E-state index in [1.54, 1.807) is 48.5 Å². The topological polar surface area (TPSA) is 100 Å². The molecular weight excluding hydrogens is 382 g/mol. The van der Waals surface area contributed by atoms with Gasteiger partial charge in [0.2, 0.25) is 6.79 Å². The number of para-hydroxylation sites is 1. The van der Waals surface area contributed by atoms with Crippen LogP contribution in [0.2, 0.25) is 0 Å². The van der Waals surface area contributed by atoms with Crippen molar-refractivity contribution in [2.75, 3.05) is 12.1 Å². The molecule has 0 saturated heterocycles. The van der Waals surface area contributed by atoms with E-state index < -0.39 is 5.91 Å². The Labute approximate surface area is 172 Å². The quantitative estimate of drug-likeness (QED) is 0.684. The van der Waals surface area contributed by atoms with Crippen LogP contribution < -0.4 is 20.1 Å². The zero-order valence-electron chi connectivity index (χ0n) is 15.8. The van der Waals surface area contributed by atoms with Gasteiger partial charge in [0.1, 0.15) is 0 Å². The Morgan fingerprint density at radius 3 is 2.63 bits per heavy atom. The average molecular weight is 399 g/mol. The number of hydrogen-bond donors (Lipinski definition) is 2. The fourth-order valence-corrected chi connectivity index (χ4v) is 3.04. The van der Waals surface area contributed by atoms with Crippen LogP contribution in [0.1, 0.15) is 31.8 Å². The number of hydrogen-bond acceptors (Lipinski definition) is 5. The largest absolute Gasteiger partial charge is 0.454 e. The Bertz CT molecular complexity index is 1170. The Balaban J connectivity index is 1.46. The number of benzene rings is 3. The second-order valence-corrected chi connectivity index (χ2v) is 6.56. The first-order valence-electron chi connectivity index (χ1n) is 9.21. The molecule has 7 heteroatoms. The van der Waals surface area contributed by atoms with Crippen LogP contribution in [0.5, 0.6) is 11.5 Å². The van der Waals surface area contributed by atoms with E-state index in [-0.39, 0.29) is 12.7 Å². The lowest BCUT2D eigenvalue weighted by atomic mass is 10.1. The van der Waals surface area contributed by atoms with Gasteiger partial charge in [0, 0.05) is 12.1 Å². The van der Waals surface area contributed by atoms with Crippen molar-refractivity contribution in [1.29, 1.82) is 5.26 Å². The number of carbonyl (C=O) groups excluding carboxylic acids is 2. The predicted molar refractivity (Wildman–Crippen MR) is 109 cm³/mol. The van der Waals surface area contributed by atoms with Crippen LogP contribution in [0.4, 0.5) is 5.69 Å². The molecule has 3 aromatic carbocycles. The number of anilines is 1. The van der Waals surface area contributed by atoms with Crippen molar-refractivity contribution >= 4 is 17.5 Å². The van der Waals surface area contributed by atoms with Gasteiger partial charge >= 0.3 is 0 Å². The van der Waals surface area contributed by atoms with E-state index in [0.717, 1.165) is 5.56 Å². The first-order valence-corrected chi connectivity index (χ1v) is 9.21. The molecular formula is C23H17N3O4. The number of nitriles is 1. The molecule has 4 rings (SSSR count). The number of fused-ring (bicyclic) bond motifs is 1. The zero-order valence-corrected chi connectivity index (χ0v) is 15.8. The van der Waals surface area contributed by atoms with Gasteiger partial charge in [-0.2, -0.15) is 5.26 Å². The first-order chi connectivity index (χ1) is 14.6. The fraction of sp³-hybridized carbons (Fsp3) is 0.0870. The highest BCUT2D eigenvalue weighted by molar-refractivity contribution is 6.09. The van der Waals surface area contributed by atoms with Gasteiger partial charge in [-0.15, -0.1) is 0 Å². The van der Waals surface area contributed by atoms with Crippen molar-refractivity contribution in [3.8, 4) is 17.6 Å². The van der Waals surface area contributed by atoms with Gasteiger partial charge < -0.3 is 20.1 Å². The summed E-state index contributed by atoms with van der Waals surface area (Å²) < 4.78 is 10.6. The summed E-state index contributed by atoms with van der Waals surface area (Å²) in [6.45, 7) is 0.484. The molecule has 2 N–H and O–H groups in total. The van der Waals surface area contributed by atoms with Gasteiger partial charge in [-0.25, -0.2) is 0 Å². The van der Waals surface area contributed by atoms with E-state index in [1.165, 1.54) is 6.07 Å². The van der Waals surface area contributed by atoms with Gasteiger partial charge in [-0.1, -0.05) is 24.3 Å². The molecule has 2 amide bonds. The molecule has 0 unspecified atom stereocenters. The summed E-state index contributed by atoms with van der Waals surface area (Å²) in [6.07, 6.45) is 0. The molecule has 30 heavy (non-hydrogen) atoms. The standard InChI is InChI=1S/C23H17N3O4/c24-12-15-4-3-5-17(10-15)22(27)26-19-7-2-1-6-18(19)23(28)25-13-16-8-9-20-21(11-16)30-14-29-20/h1-11H,13-14H2,(H,25,28)(H,26,27). The molecule has 1 aliphatic heterocycles. The van der Waals surface area contributed by atoms with Crippen LogP contribution in [0.25, 0.3) is 0 Å². The Morgan fingerprint density at radius 2 is 1.77 bits per heavy atom. The Kier molecular flexibility index (Phi) is 5.31. The molecule has 0 atom stereocenters. The van der Waals surface area contributed by atoms with Gasteiger partial charge in [0.25, 0.3) is 11.8 Å². The minimum absolute atomic E-state index is 0.190. The average Bonchev–Trinajstić information content (AvgIpc) is 3.26. The van der Waals surface area contributed by atoms with E-state index in [4.69, 9.17) is 14.7 Å². The van der Waals surface area contributed by atoms with Crippen LogP contribution in [0.15, 0.2) is 66.7 Å². The molecule has 0 spiro atoms. The van der Waals surface area contributed by atoms with Crippen LogP contribution >= 0.6 is 0 Å². The second kappa shape index (κ2) is 8.37. The Morgan fingerprint density at radius 1 is 0.933 bits per heavy atom. The molecule has 0 bridgehead atoms. The lowest BCUT2D eigenvalue weighted by molar-refractivity contribution is 0.0951. The molecule has 7 nitrogen and oxygen atoms in total. The van der Waals surface area contributed by atoms with Gasteiger partial charge in [-0.3, -0.25) is 9.59 Å². The number of ether oxygens (including phenoxy) is 2. The van der Waals surface area contributed by atoms with Crippen LogP contribution in [-0.2, 0) is 6.54 Å². The summed E-state index contributed by atoms with van der Waals surface area (Å²) in [5.41, 5.74) is 2.31. The molecule has 1 heterocycles. The summed E-state index contributed by atoms with van der Waals surface area (Å²) in [6, 6.07) is 20.6. The maximum Gasteiger partial charge on any atom is 0.255 e. The number of nitrogens with one attached hydrogen (secondary N) is 2. The summed E-state index contributed by atoms with van der Waals surface area (Å²) in [4.78, 5) is 25.3. The van der Waals surface area contributed by atoms with Gasteiger partial charge in [-0.05, 0) is 48.0 Å². The van der Waals surface area contributed by atoms with Crippen molar-refractivity contribution < 1.29 is 19.1 Å². The first kappa shape index (κ1) is 19.0. The summed E-state index contributed by atoms with van der Waals surface area (Å²) in [5.74, 6) is 0.602. The van der Waals surface area contributed by atoms with Crippen molar-refractivity contribution in [1.82, 2.24) is 5.32 Å². The molecule has 0 aliphatic carbocycles. The van der Waals surface area contributed by atoms with Crippen molar-refractivity contribution in [3.63, 3.8) is 0 Å². The third-order valence-electron chi connectivity index (χ3n) is 4.56. The summed E-state index contributed by atoms with van der Waals surface area (Å²) in [5, 5.41) is 14.6. The molecule has 0 fully saturated rings. The van der Waals surface area contributed by atoms with E-state index in [0.29, 0.717) is 40.4 Å². The maximum atomic E-state index is 12.7. The fourth-order valence-electron chi connectivity index (χ4n) is 3.04. The lowest BCUT2D eigenvalue weighted by Crippen LogP contribution is -2.24. The van der Waals surface area contributed by atoms with Gasteiger partial charge in [0.05, 0.1) is 22.9 Å². The maximum absolute atomic E-state index is 12.7. The third-order valence-corrected chi connectivity index (χ3v) is 4.56. The lowest BCUT2D eigenvalue weighted by Gasteiger charge is -2.12.